The van der Waals surface area contributed by atoms with Gasteiger partial charge in [0.25, 0.3) is 5.91 Å². The topological polar surface area (TPSA) is 83.8 Å². The summed E-state index contributed by atoms with van der Waals surface area (Å²) in [5, 5.41) is 9.01. The van der Waals surface area contributed by atoms with Gasteiger partial charge in [-0.25, -0.2) is 0 Å². The van der Waals surface area contributed by atoms with E-state index in [1.54, 1.807) is 0 Å². The molecule has 0 aliphatic heterocycles. The van der Waals surface area contributed by atoms with Crippen LogP contribution < -0.4 is 11.1 Å². The van der Waals surface area contributed by atoms with Gasteiger partial charge >= 0.3 is 0 Å². The fourth-order valence-electron chi connectivity index (χ4n) is 1.39. The molecular formula is C11H11BrN4O. The molecule has 5 nitrogen and oxygen atoms in total. The van der Waals surface area contributed by atoms with Gasteiger partial charge in [-0.2, -0.15) is 5.10 Å². The van der Waals surface area contributed by atoms with Crippen LogP contribution in [0.5, 0.6) is 0 Å². The van der Waals surface area contributed by atoms with Gasteiger partial charge in [-0.05, 0) is 17.7 Å². The lowest BCUT2D eigenvalue weighted by atomic mass is 10.2. The summed E-state index contributed by atoms with van der Waals surface area (Å²) in [6.07, 6.45) is 1.41. The Hall–Kier alpha value is -1.82. The number of carbonyl (C=O) groups excluding carboxylic acids is 1. The molecule has 0 fully saturated rings. The Kier molecular flexibility index (Phi) is 3.43. The molecule has 0 aliphatic rings. The second kappa shape index (κ2) is 5.01. The van der Waals surface area contributed by atoms with Crippen LogP contribution in [0.25, 0.3) is 0 Å². The minimum Gasteiger partial charge on any atom is -0.396 e. The molecule has 0 saturated carbocycles. The summed E-state index contributed by atoms with van der Waals surface area (Å²) in [5.74, 6) is -0.264. The highest BCUT2D eigenvalue weighted by Crippen LogP contribution is 2.12. The average Bonchev–Trinajstić information content (AvgIpc) is 2.72. The highest BCUT2D eigenvalue weighted by atomic mass is 79.9. The molecule has 0 spiro atoms. The predicted octanol–water partition coefficient (Wildman–Crippen LogP) is 1.68. The van der Waals surface area contributed by atoms with Gasteiger partial charge in [-0.15, -0.1) is 0 Å². The van der Waals surface area contributed by atoms with E-state index in [2.05, 4.69) is 31.4 Å². The molecule has 2 rings (SSSR count). The maximum Gasteiger partial charge on any atom is 0.271 e. The van der Waals surface area contributed by atoms with Crippen LogP contribution in [0.15, 0.2) is 34.9 Å². The summed E-state index contributed by atoms with van der Waals surface area (Å²) in [7, 11) is 0. The van der Waals surface area contributed by atoms with Crippen molar-refractivity contribution in [2.45, 2.75) is 6.54 Å². The van der Waals surface area contributed by atoms with Crippen molar-refractivity contribution in [2.24, 2.45) is 0 Å². The van der Waals surface area contributed by atoms with E-state index in [0.717, 1.165) is 10.0 Å². The summed E-state index contributed by atoms with van der Waals surface area (Å²) in [5.41, 5.74) is 7.21. The maximum absolute atomic E-state index is 11.7. The largest absolute Gasteiger partial charge is 0.396 e. The molecule has 0 radical (unpaired) electrons. The van der Waals surface area contributed by atoms with Gasteiger partial charge in [0.2, 0.25) is 0 Å². The van der Waals surface area contributed by atoms with Gasteiger partial charge < -0.3 is 11.1 Å². The number of anilines is 1. The first-order chi connectivity index (χ1) is 8.16. The molecule has 17 heavy (non-hydrogen) atoms. The van der Waals surface area contributed by atoms with Crippen LogP contribution in [-0.2, 0) is 6.54 Å². The van der Waals surface area contributed by atoms with E-state index in [4.69, 9.17) is 5.73 Å². The summed E-state index contributed by atoms with van der Waals surface area (Å²) in [4.78, 5) is 11.7. The van der Waals surface area contributed by atoms with Crippen LogP contribution in [0, 0.1) is 0 Å². The third-order valence-electron chi connectivity index (χ3n) is 2.24. The second-order valence-electron chi connectivity index (χ2n) is 3.51. The smallest absolute Gasteiger partial charge is 0.271 e. The van der Waals surface area contributed by atoms with E-state index in [1.165, 1.54) is 6.20 Å². The highest BCUT2D eigenvalue weighted by molar-refractivity contribution is 9.10. The molecule has 0 atom stereocenters. The van der Waals surface area contributed by atoms with Crippen LogP contribution >= 0.6 is 15.9 Å². The van der Waals surface area contributed by atoms with E-state index in [1.807, 2.05) is 24.3 Å². The van der Waals surface area contributed by atoms with Crippen molar-refractivity contribution in [2.75, 3.05) is 5.73 Å². The minimum absolute atomic E-state index is 0.264. The number of H-pyrrole nitrogens is 1. The van der Waals surface area contributed by atoms with E-state index in [-0.39, 0.29) is 5.91 Å². The van der Waals surface area contributed by atoms with Crippen LogP contribution in [-0.4, -0.2) is 16.1 Å². The number of aromatic amines is 1. The number of nitrogens with two attached hydrogens (primary N) is 1. The Labute approximate surface area is 107 Å². The van der Waals surface area contributed by atoms with Crippen molar-refractivity contribution < 1.29 is 4.79 Å². The van der Waals surface area contributed by atoms with E-state index in [9.17, 15) is 4.79 Å². The maximum atomic E-state index is 11.7. The van der Waals surface area contributed by atoms with Crippen molar-refractivity contribution >= 4 is 27.5 Å². The normalized spacial score (nSPS) is 10.2. The molecule has 0 unspecified atom stereocenters. The number of benzene rings is 1. The molecule has 0 aliphatic carbocycles. The third-order valence-corrected chi connectivity index (χ3v) is 2.73. The van der Waals surface area contributed by atoms with Crippen LogP contribution in [0.4, 0.5) is 5.69 Å². The van der Waals surface area contributed by atoms with E-state index in [0.29, 0.717) is 17.9 Å². The minimum atomic E-state index is -0.264. The lowest BCUT2D eigenvalue weighted by molar-refractivity contribution is 0.0947. The Morgan fingerprint density at radius 1 is 1.53 bits per heavy atom. The first kappa shape index (κ1) is 11.7. The van der Waals surface area contributed by atoms with Gasteiger partial charge in [0.15, 0.2) is 0 Å². The van der Waals surface area contributed by atoms with Crippen molar-refractivity contribution in [3.8, 4) is 0 Å². The molecule has 0 bridgehead atoms. The lowest BCUT2D eigenvalue weighted by Gasteiger charge is -2.04. The van der Waals surface area contributed by atoms with Crippen LogP contribution in [0.3, 0.4) is 0 Å². The zero-order chi connectivity index (χ0) is 12.3. The number of nitrogens with one attached hydrogen (secondary N) is 2. The van der Waals surface area contributed by atoms with Gasteiger partial charge in [-0.3, -0.25) is 9.89 Å². The molecule has 1 amide bonds. The number of amides is 1. The van der Waals surface area contributed by atoms with E-state index >= 15 is 0 Å². The van der Waals surface area contributed by atoms with Crippen molar-refractivity contribution in [1.82, 2.24) is 15.5 Å². The molecule has 88 valence electrons. The Balaban J connectivity index is 1.99. The Morgan fingerprint density at radius 2 is 2.35 bits per heavy atom. The quantitative estimate of drug-likeness (QED) is 0.805. The number of rotatable bonds is 3. The number of aromatic nitrogens is 2. The number of hydrogen-bond acceptors (Lipinski definition) is 3. The average molecular weight is 295 g/mol. The molecule has 0 saturated heterocycles. The monoisotopic (exact) mass is 294 g/mol. The zero-order valence-electron chi connectivity index (χ0n) is 8.90. The zero-order valence-corrected chi connectivity index (χ0v) is 10.5. The molecule has 2 aromatic rings. The second-order valence-corrected chi connectivity index (χ2v) is 4.43. The van der Waals surface area contributed by atoms with E-state index < -0.39 is 0 Å². The number of nitrogen functional groups attached to an aromatic ring is 1. The Morgan fingerprint density at radius 3 is 3.00 bits per heavy atom. The predicted molar refractivity (Wildman–Crippen MR) is 68.3 cm³/mol. The van der Waals surface area contributed by atoms with Crippen LogP contribution in [0.1, 0.15) is 16.1 Å². The number of nitrogens with zero attached hydrogens (tertiary/aromatic N) is 1. The van der Waals surface area contributed by atoms with Gasteiger partial charge in [0.1, 0.15) is 5.69 Å². The Bertz CT molecular complexity index is 538. The van der Waals surface area contributed by atoms with Gasteiger partial charge in [0, 0.05) is 11.0 Å². The molecule has 1 aromatic heterocycles. The molecule has 6 heteroatoms. The van der Waals surface area contributed by atoms with Gasteiger partial charge in [0.05, 0.1) is 11.9 Å². The standard InChI is InChI=1S/C11H11BrN4O/c12-8-3-1-2-7(4-8)5-14-11(17)10-9(13)6-15-16-10/h1-4,6H,5,13H2,(H,14,17)(H,15,16). The fourth-order valence-corrected chi connectivity index (χ4v) is 1.84. The molecule has 1 heterocycles. The molecule has 4 N–H and O–H groups in total. The number of carbonyl (C=O) groups is 1. The summed E-state index contributed by atoms with van der Waals surface area (Å²) < 4.78 is 0.977. The van der Waals surface area contributed by atoms with Crippen molar-refractivity contribution in [3.63, 3.8) is 0 Å². The number of halogens is 1. The van der Waals surface area contributed by atoms with Crippen molar-refractivity contribution in [1.29, 1.82) is 0 Å². The van der Waals surface area contributed by atoms with Gasteiger partial charge in [-0.1, -0.05) is 28.1 Å². The third kappa shape index (κ3) is 2.85. The van der Waals surface area contributed by atoms with Crippen LogP contribution in [0.2, 0.25) is 0 Å². The first-order valence-electron chi connectivity index (χ1n) is 4.98. The lowest BCUT2D eigenvalue weighted by Crippen LogP contribution is -2.24. The molecular weight excluding hydrogens is 284 g/mol. The molecule has 1 aromatic carbocycles. The fraction of sp³-hybridized carbons (Fsp3) is 0.0909. The summed E-state index contributed by atoms with van der Waals surface area (Å²) in [6, 6.07) is 7.71. The SMILES string of the molecule is Nc1cn[nH]c1C(=O)NCc1cccc(Br)c1. The first-order valence-corrected chi connectivity index (χ1v) is 5.77. The number of hydrogen-bond donors (Lipinski definition) is 3. The summed E-state index contributed by atoms with van der Waals surface area (Å²) in [6.45, 7) is 0.441. The van der Waals surface area contributed by atoms with Crippen molar-refractivity contribution in [3.05, 3.63) is 46.2 Å². The highest BCUT2D eigenvalue weighted by Gasteiger charge is 2.10. The summed E-state index contributed by atoms with van der Waals surface area (Å²) >= 11 is 3.37.